The molecule has 0 bridgehead atoms. The minimum Gasteiger partial charge on any atom is -0.347 e. The Labute approximate surface area is 170 Å². The van der Waals surface area contributed by atoms with Gasteiger partial charge in [-0.2, -0.15) is 5.10 Å². The van der Waals surface area contributed by atoms with Gasteiger partial charge in [0.25, 0.3) is 5.91 Å². The number of carbonyl (C=O) groups excluding carboxylic acids is 2. The van der Waals surface area contributed by atoms with E-state index in [1.807, 2.05) is 67.2 Å². The predicted molar refractivity (Wildman–Crippen MR) is 113 cm³/mol. The molecule has 6 nitrogen and oxygen atoms in total. The molecular formula is C23H24N4O2. The number of hydrogen-bond donors (Lipinski definition) is 1. The number of anilines is 1. The van der Waals surface area contributed by atoms with Crippen LogP contribution in [0.2, 0.25) is 0 Å². The van der Waals surface area contributed by atoms with Crippen molar-refractivity contribution in [3.05, 3.63) is 72.1 Å². The molecule has 1 atom stereocenters. The van der Waals surface area contributed by atoms with E-state index in [1.54, 1.807) is 17.2 Å². The molecule has 0 radical (unpaired) electrons. The summed E-state index contributed by atoms with van der Waals surface area (Å²) in [5.41, 5.74) is 4.48. The lowest BCUT2D eigenvalue weighted by atomic mass is 10.1. The van der Waals surface area contributed by atoms with Gasteiger partial charge in [0.15, 0.2) is 0 Å². The third-order valence-corrected chi connectivity index (χ3v) is 5.19. The summed E-state index contributed by atoms with van der Waals surface area (Å²) in [6, 6.07) is 15.1. The monoisotopic (exact) mass is 388 g/mol. The van der Waals surface area contributed by atoms with E-state index in [9.17, 15) is 9.59 Å². The van der Waals surface area contributed by atoms with Crippen molar-refractivity contribution < 1.29 is 9.59 Å². The van der Waals surface area contributed by atoms with Crippen LogP contribution in [0.25, 0.3) is 11.1 Å². The van der Waals surface area contributed by atoms with E-state index in [-0.39, 0.29) is 17.9 Å². The molecule has 1 aliphatic rings. The Balaban J connectivity index is 1.46. The van der Waals surface area contributed by atoms with E-state index < -0.39 is 0 Å². The molecule has 0 saturated carbocycles. The first-order chi connectivity index (χ1) is 14.0. The summed E-state index contributed by atoms with van der Waals surface area (Å²) in [5, 5.41) is 7.31. The zero-order valence-electron chi connectivity index (χ0n) is 16.6. The number of carbonyl (C=O) groups is 2. The average Bonchev–Trinajstić information content (AvgIpc) is 3.34. The number of amides is 2. The van der Waals surface area contributed by atoms with E-state index in [0.29, 0.717) is 18.5 Å². The molecule has 1 aromatic heterocycles. The summed E-state index contributed by atoms with van der Waals surface area (Å²) in [7, 11) is 0. The molecule has 0 unspecified atom stereocenters. The highest BCUT2D eigenvalue weighted by molar-refractivity contribution is 5.99. The summed E-state index contributed by atoms with van der Waals surface area (Å²) in [5.74, 6) is -0.139. The molecule has 148 valence electrons. The molecule has 1 fully saturated rings. The number of nitrogens with one attached hydrogen (secondary N) is 1. The van der Waals surface area contributed by atoms with Crippen molar-refractivity contribution in [2.45, 2.75) is 32.9 Å². The van der Waals surface area contributed by atoms with Crippen LogP contribution in [-0.4, -0.2) is 34.2 Å². The molecule has 2 heterocycles. The summed E-state index contributed by atoms with van der Waals surface area (Å²) in [6.07, 6.45) is 4.07. The van der Waals surface area contributed by atoms with Gasteiger partial charge in [-0.05, 0) is 49.2 Å². The van der Waals surface area contributed by atoms with Crippen molar-refractivity contribution in [2.24, 2.45) is 0 Å². The number of aromatic nitrogens is 2. The number of hydrogen-bond acceptors (Lipinski definition) is 3. The maximum atomic E-state index is 12.8. The zero-order chi connectivity index (χ0) is 20.4. The average molecular weight is 388 g/mol. The molecule has 1 saturated heterocycles. The molecule has 1 N–H and O–H groups in total. The minimum atomic E-state index is -0.206. The highest BCUT2D eigenvalue weighted by Crippen LogP contribution is 2.23. The maximum Gasteiger partial charge on any atom is 0.251 e. The van der Waals surface area contributed by atoms with Gasteiger partial charge < -0.3 is 10.2 Å². The van der Waals surface area contributed by atoms with Crippen LogP contribution < -0.4 is 10.2 Å². The molecule has 2 amide bonds. The molecule has 4 rings (SSSR count). The zero-order valence-corrected chi connectivity index (χ0v) is 16.6. The molecule has 0 aliphatic carbocycles. The summed E-state index contributed by atoms with van der Waals surface area (Å²) in [6.45, 7) is 5.31. The molecular weight excluding hydrogens is 364 g/mol. The topological polar surface area (TPSA) is 67.2 Å². The summed E-state index contributed by atoms with van der Waals surface area (Å²) in [4.78, 5) is 27.0. The quantitative estimate of drug-likeness (QED) is 0.728. The summed E-state index contributed by atoms with van der Waals surface area (Å²) >= 11 is 0. The standard InChI is InChI=1S/C23H24N4O2/c1-3-26-14-19(13-24-26)17-7-5-8-18(11-17)23(29)25-20-12-22(28)27(15-20)21-9-4-6-16(2)10-21/h4-11,13-14,20H,3,12,15H2,1-2H3,(H,25,29)/t20-/m1/s1. The van der Waals surface area contributed by atoms with Gasteiger partial charge in [0.05, 0.1) is 12.2 Å². The van der Waals surface area contributed by atoms with Crippen LogP contribution in [0.5, 0.6) is 0 Å². The van der Waals surface area contributed by atoms with Gasteiger partial charge in [-0.3, -0.25) is 14.3 Å². The Hall–Kier alpha value is -3.41. The van der Waals surface area contributed by atoms with Crippen LogP contribution in [0.4, 0.5) is 5.69 Å². The molecule has 3 aromatic rings. The van der Waals surface area contributed by atoms with Crippen molar-refractivity contribution in [2.75, 3.05) is 11.4 Å². The van der Waals surface area contributed by atoms with Crippen LogP contribution in [0.1, 0.15) is 29.3 Å². The van der Waals surface area contributed by atoms with Crippen molar-refractivity contribution in [1.29, 1.82) is 0 Å². The fourth-order valence-electron chi connectivity index (χ4n) is 3.64. The Kier molecular flexibility index (Phi) is 5.16. The van der Waals surface area contributed by atoms with E-state index in [4.69, 9.17) is 0 Å². The SMILES string of the molecule is CCn1cc(-c2cccc(C(=O)N[C@@H]3CC(=O)N(c4cccc(C)c4)C3)c2)cn1. The number of nitrogens with zero attached hydrogens (tertiary/aromatic N) is 3. The molecule has 2 aromatic carbocycles. The third-order valence-electron chi connectivity index (χ3n) is 5.19. The first-order valence-corrected chi connectivity index (χ1v) is 9.84. The Morgan fingerprint density at radius 1 is 1.17 bits per heavy atom. The van der Waals surface area contributed by atoms with Crippen molar-refractivity contribution >= 4 is 17.5 Å². The molecule has 1 aliphatic heterocycles. The highest BCUT2D eigenvalue weighted by Gasteiger charge is 2.31. The number of benzene rings is 2. The minimum absolute atomic E-state index is 0.0293. The highest BCUT2D eigenvalue weighted by atomic mass is 16.2. The smallest absolute Gasteiger partial charge is 0.251 e. The van der Waals surface area contributed by atoms with E-state index in [1.165, 1.54) is 0 Å². The van der Waals surface area contributed by atoms with Gasteiger partial charge in [-0.1, -0.05) is 24.3 Å². The van der Waals surface area contributed by atoms with Crippen LogP contribution >= 0.6 is 0 Å². The lowest BCUT2D eigenvalue weighted by Gasteiger charge is -2.18. The van der Waals surface area contributed by atoms with Crippen molar-refractivity contribution in [3.63, 3.8) is 0 Å². The van der Waals surface area contributed by atoms with Crippen molar-refractivity contribution in [3.8, 4) is 11.1 Å². The predicted octanol–water partition coefficient (Wildman–Crippen LogP) is 3.41. The van der Waals surface area contributed by atoms with Crippen LogP contribution in [0.3, 0.4) is 0 Å². The van der Waals surface area contributed by atoms with Gasteiger partial charge >= 0.3 is 0 Å². The fraction of sp³-hybridized carbons (Fsp3) is 0.261. The number of rotatable bonds is 5. The summed E-state index contributed by atoms with van der Waals surface area (Å²) < 4.78 is 1.85. The van der Waals surface area contributed by atoms with Gasteiger partial charge in [0.2, 0.25) is 5.91 Å². The third kappa shape index (κ3) is 4.06. The molecule has 29 heavy (non-hydrogen) atoms. The van der Waals surface area contributed by atoms with Gasteiger partial charge in [-0.25, -0.2) is 0 Å². The first kappa shape index (κ1) is 18.9. The molecule has 6 heteroatoms. The normalized spacial score (nSPS) is 16.3. The number of aryl methyl sites for hydroxylation is 2. The van der Waals surface area contributed by atoms with Crippen LogP contribution in [0, 0.1) is 6.92 Å². The second-order valence-electron chi connectivity index (χ2n) is 7.38. The van der Waals surface area contributed by atoms with Crippen molar-refractivity contribution in [1.82, 2.24) is 15.1 Å². The molecule has 0 spiro atoms. The maximum absolute atomic E-state index is 12.8. The van der Waals surface area contributed by atoms with Gasteiger partial charge in [0.1, 0.15) is 0 Å². The Bertz CT molecular complexity index is 1060. The first-order valence-electron chi connectivity index (χ1n) is 9.84. The lowest BCUT2D eigenvalue weighted by Crippen LogP contribution is -2.37. The van der Waals surface area contributed by atoms with E-state index >= 15 is 0 Å². The van der Waals surface area contributed by atoms with E-state index in [0.717, 1.165) is 28.9 Å². The largest absolute Gasteiger partial charge is 0.347 e. The van der Waals surface area contributed by atoms with E-state index in [2.05, 4.69) is 10.4 Å². The fourth-order valence-corrected chi connectivity index (χ4v) is 3.64. The second-order valence-corrected chi connectivity index (χ2v) is 7.38. The van der Waals surface area contributed by atoms with Crippen LogP contribution in [-0.2, 0) is 11.3 Å². The van der Waals surface area contributed by atoms with Gasteiger partial charge in [-0.15, -0.1) is 0 Å². The Morgan fingerprint density at radius 3 is 2.76 bits per heavy atom. The Morgan fingerprint density at radius 2 is 2.00 bits per heavy atom. The second kappa shape index (κ2) is 7.91. The van der Waals surface area contributed by atoms with Gasteiger partial charge in [0, 0.05) is 42.5 Å². The van der Waals surface area contributed by atoms with Crippen LogP contribution in [0.15, 0.2) is 60.9 Å². The lowest BCUT2D eigenvalue weighted by molar-refractivity contribution is -0.117.